The molecule has 0 saturated heterocycles. The lowest BCUT2D eigenvalue weighted by Gasteiger charge is -2.14. The molecule has 0 spiro atoms. The van der Waals surface area contributed by atoms with Crippen molar-refractivity contribution >= 4 is 28.5 Å². The molecule has 0 atom stereocenters. The van der Waals surface area contributed by atoms with Gasteiger partial charge in [0.25, 0.3) is 5.91 Å². The molecule has 1 aromatic carbocycles. The van der Waals surface area contributed by atoms with Gasteiger partial charge in [0.05, 0.1) is 0 Å². The average molecular weight is 342 g/mol. The van der Waals surface area contributed by atoms with Gasteiger partial charge in [-0.2, -0.15) is 0 Å². The smallest absolute Gasteiger partial charge is 0.251 e. The molecule has 1 aromatic rings. The fraction of sp³-hybridized carbons (Fsp3) is 0.308. The Labute approximate surface area is 115 Å². The maximum Gasteiger partial charge on any atom is 0.251 e. The van der Waals surface area contributed by atoms with Crippen LogP contribution < -0.4 is 10.6 Å². The molecule has 2 N–H and O–H groups in total. The van der Waals surface area contributed by atoms with Gasteiger partial charge in [-0.1, -0.05) is 11.6 Å². The molecule has 1 aliphatic rings. The molecule has 0 saturated carbocycles. The van der Waals surface area contributed by atoms with Crippen LogP contribution in [0.15, 0.2) is 35.9 Å². The molecule has 0 aromatic heterocycles. The summed E-state index contributed by atoms with van der Waals surface area (Å²) >= 11 is 2.23. The van der Waals surface area contributed by atoms with Crippen LogP contribution in [0.1, 0.15) is 16.8 Å². The van der Waals surface area contributed by atoms with Crippen molar-refractivity contribution in [3.8, 4) is 0 Å². The second-order valence-electron chi connectivity index (χ2n) is 4.01. The quantitative estimate of drug-likeness (QED) is 0.651. The van der Waals surface area contributed by atoms with Gasteiger partial charge in [0, 0.05) is 22.2 Å². The Kier molecular flexibility index (Phi) is 4.56. The fourth-order valence-corrected chi connectivity index (χ4v) is 2.09. The van der Waals surface area contributed by atoms with Gasteiger partial charge < -0.3 is 10.6 Å². The van der Waals surface area contributed by atoms with Crippen molar-refractivity contribution in [1.29, 1.82) is 0 Å². The van der Waals surface area contributed by atoms with Crippen LogP contribution in [0.2, 0.25) is 0 Å². The van der Waals surface area contributed by atoms with Crippen molar-refractivity contribution in [1.82, 2.24) is 10.6 Å². The van der Waals surface area contributed by atoms with Crippen LogP contribution in [-0.4, -0.2) is 25.5 Å². The monoisotopic (exact) mass is 342 g/mol. The van der Waals surface area contributed by atoms with Gasteiger partial charge in [0.1, 0.15) is 0 Å². The summed E-state index contributed by atoms with van der Waals surface area (Å²) in [7, 11) is 0. The largest absolute Gasteiger partial charge is 0.348 e. The molecular weight excluding hydrogens is 327 g/mol. The Morgan fingerprint density at radius 2 is 2.12 bits per heavy atom. The van der Waals surface area contributed by atoms with Gasteiger partial charge in [-0.3, -0.25) is 4.79 Å². The predicted octanol–water partition coefficient (Wildman–Crippen LogP) is 1.94. The number of nitrogens with one attached hydrogen (secondary N) is 2. The van der Waals surface area contributed by atoms with E-state index in [1.807, 2.05) is 24.3 Å². The number of amides is 1. The van der Waals surface area contributed by atoms with Crippen molar-refractivity contribution < 1.29 is 4.79 Å². The topological polar surface area (TPSA) is 41.1 Å². The summed E-state index contributed by atoms with van der Waals surface area (Å²) in [5, 5.41) is 6.20. The first-order chi connectivity index (χ1) is 8.25. The van der Waals surface area contributed by atoms with Crippen molar-refractivity contribution in [2.24, 2.45) is 0 Å². The Morgan fingerprint density at radius 3 is 2.76 bits per heavy atom. The molecule has 90 valence electrons. The number of rotatable bonds is 3. The third-order valence-corrected chi connectivity index (χ3v) is 3.46. The highest BCUT2D eigenvalue weighted by atomic mass is 127. The molecular formula is C13H15IN2O. The standard InChI is InChI=1S/C13H15IN2O/c14-12-3-1-11(2-4-12)13(17)16-9-10-5-7-15-8-6-10/h1-5,15H,6-9H2,(H,16,17). The minimum absolute atomic E-state index is 0.000771. The SMILES string of the molecule is O=C(NCC1=CCNCC1)c1ccc(I)cc1. The third kappa shape index (κ3) is 3.81. The Morgan fingerprint density at radius 1 is 1.35 bits per heavy atom. The lowest BCUT2D eigenvalue weighted by atomic mass is 10.1. The number of hydrogen-bond acceptors (Lipinski definition) is 2. The van der Waals surface area contributed by atoms with E-state index in [1.165, 1.54) is 5.57 Å². The first-order valence-corrected chi connectivity index (χ1v) is 6.76. The van der Waals surface area contributed by atoms with Crippen molar-refractivity contribution in [3.63, 3.8) is 0 Å². The Hall–Kier alpha value is -0.880. The van der Waals surface area contributed by atoms with E-state index in [1.54, 1.807) is 0 Å². The number of carbonyl (C=O) groups excluding carboxylic acids is 1. The fourth-order valence-electron chi connectivity index (χ4n) is 1.73. The molecule has 0 fully saturated rings. The van der Waals surface area contributed by atoms with Gasteiger partial charge >= 0.3 is 0 Å². The van der Waals surface area contributed by atoms with Gasteiger partial charge in [0.2, 0.25) is 0 Å². The number of benzene rings is 1. The Bertz CT molecular complexity index is 426. The number of carbonyl (C=O) groups is 1. The molecule has 0 unspecified atom stereocenters. The van der Waals surface area contributed by atoms with Crippen molar-refractivity contribution in [2.45, 2.75) is 6.42 Å². The normalized spacial score (nSPS) is 15.2. The van der Waals surface area contributed by atoms with Gasteiger partial charge in [-0.05, 0) is 59.8 Å². The zero-order valence-electron chi connectivity index (χ0n) is 9.50. The van der Waals surface area contributed by atoms with Gasteiger partial charge in [-0.25, -0.2) is 0 Å². The first-order valence-electron chi connectivity index (χ1n) is 5.68. The van der Waals surface area contributed by atoms with E-state index >= 15 is 0 Å². The predicted molar refractivity (Wildman–Crippen MR) is 77.1 cm³/mol. The maximum atomic E-state index is 11.8. The molecule has 3 nitrogen and oxygen atoms in total. The van der Waals surface area contributed by atoms with Crippen LogP contribution in [0.3, 0.4) is 0 Å². The van der Waals surface area contributed by atoms with Crippen molar-refractivity contribution in [2.75, 3.05) is 19.6 Å². The van der Waals surface area contributed by atoms with Crippen LogP contribution in [-0.2, 0) is 0 Å². The molecule has 17 heavy (non-hydrogen) atoms. The van der Waals surface area contributed by atoms with E-state index < -0.39 is 0 Å². The summed E-state index contributed by atoms with van der Waals surface area (Å²) in [6.07, 6.45) is 3.17. The highest BCUT2D eigenvalue weighted by Gasteiger charge is 2.07. The van der Waals surface area contributed by atoms with E-state index in [-0.39, 0.29) is 5.91 Å². The number of halogens is 1. The minimum Gasteiger partial charge on any atom is -0.348 e. The molecule has 0 radical (unpaired) electrons. The van der Waals surface area contributed by atoms with E-state index in [0.717, 1.165) is 28.6 Å². The summed E-state index contributed by atoms with van der Waals surface area (Å²) in [6.45, 7) is 2.58. The zero-order valence-corrected chi connectivity index (χ0v) is 11.7. The molecule has 2 rings (SSSR count). The summed E-state index contributed by atoms with van der Waals surface area (Å²) in [5.74, 6) is 0.000771. The van der Waals surface area contributed by atoms with Crippen molar-refractivity contribution in [3.05, 3.63) is 45.0 Å². The summed E-state index contributed by atoms with van der Waals surface area (Å²) in [5.41, 5.74) is 2.03. The third-order valence-electron chi connectivity index (χ3n) is 2.74. The van der Waals surface area contributed by atoms with Crippen LogP contribution in [0, 0.1) is 3.57 Å². The van der Waals surface area contributed by atoms with E-state index in [9.17, 15) is 4.79 Å². The van der Waals surface area contributed by atoms with Gasteiger partial charge in [0.15, 0.2) is 0 Å². The summed E-state index contributed by atoms with van der Waals surface area (Å²) < 4.78 is 1.14. The average Bonchev–Trinajstić information content (AvgIpc) is 2.38. The van der Waals surface area contributed by atoms with Crippen LogP contribution in [0.25, 0.3) is 0 Å². The molecule has 0 aliphatic carbocycles. The second kappa shape index (κ2) is 6.16. The van der Waals surface area contributed by atoms with Crippen LogP contribution in [0.5, 0.6) is 0 Å². The van der Waals surface area contributed by atoms with E-state index in [4.69, 9.17) is 0 Å². The van der Waals surface area contributed by atoms with Gasteiger partial charge in [-0.15, -0.1) is 0 Å². The minimum atomic E-state index is 0.000771. The van der Waals surface area contributed by atoms with Crippen LogP contribution >= 0.6 is 22.6 Å². The highest BCUT2D eigenvalue weighted by molar-refractivity contribution is 14.1. The van der Waals surface area contributed by atoms with E-state index in [0.29, 0.717) is 6.54 Å². The lowest BCUT2D eigenvalue weighted by Crippen LogP contribution is -2.29. The molecule has 1 amide bonds. The molecule has 0 bridgehead atoms. The summed E-state index contributed by atoms with van der Waals surface area (Å²) in [6, 6.07) is 7.60. The number of hydrogen-bond donors (Lipinski definition) is 2. The zero-order chi connectivity index (χ0) is 12.1. The van der Waals surface area contributed by atoms with E-state index in [2.05, 4.69) is 39.3 Å². The molecule has 1 heterocycles. The first kappa shape index (κ1) is 12.6. The van der Waals surface area contributed by atoms with Crippen LogP contribution in [0.4, 0.5) is 0 Å². The molecule has 1 aliphatic heterocycles. The second-order valence-corrected chi connectivity index (χ2v) is 5.25. The molecule has 4 heteroatoms. The summed E-state index contributed by atoms with van der Waals surface area (Å²) in [4.78, 5) is 11.8. The maximum absolute atomic E-state index is 11.8. The lowest BCUT2D eigenvalue weighted by molar-refractivity contribution is 0.0956. The highest BCUT2D eigenvalue weighted by Crippen LogP contribution is 2.07. The Balaban J connectivity index is 1.88.